The molecular formula is C26H22FN5O3S. The maximum absolute atomic E-state index is 13.0. The number of aromatic nitrogens is 3. The standard InChI is InChI=1S/C26H22FN5O3S/c1-2-15-31-24(20-9-13-23(14-10-20)32(34)35)29-30-26(31)36-17-19-3-7-21(8-4-19)25(33)28-16-18-5-11-22(27)12-6-18/h2-14H,1,15-17H2,(H,28,33). The van der Waals surface area contributed by atoms with E-state index in [9.17, 15) is 19.3 Å². The smallest absolute Gasteiger partial charge is 0.269 e. The van der Waals surface area contributed by atoms with Crippen molar-refractivity contribution in [3.63, 3.8) is 0 Å². The highest BCUT2D eigenvalue weighted by Crippen LogP contribution is 2.27. The number of rotatable bonds is 10. The topological polar surface area (TPSA) is 103 Å². The first-order chi connectivity index (χ1) is 17.4. The summed E-state index contributed by atoms with van der Waals surface area (Å²) < 4.78 is 14.9. The summed E-state index contributed by atoms with van der Waals surface area (Å²) in [6.07, 6.45) is 1.74. The van der Waals surface area contributed by atoms with Crippen LogP contribution >= 0.6 is 11.8 Å². The van der Waals surface area contributed by atoms with Crippen LogP contribution in [-0.2, 0) is 18.8 Å². The maximum atomic E-state index is 13.0. The molecule has 1 heterocycles. The van der Waals surface area contributed by atoms with Gasteiger partial charge in [0.1, 0.15) is 5.82 Å². The highest BCUT2D eigenvalue weighted by Gasteiger charge is 2.15. The number of allylic oxidation sites excluding steroid dienone is 1. The van der Waals surface area contributed by atoms with Crippen LogP contribution in [0, 0.1) is 15.9 Å². The zero-order valence-corrected chi connectivity index (χ0v) is 20.0. The molecule has 0 aliphatic rings. The second-order valence-electron chi connectivity index (χ2n) is 7.80. The molecule has 1 amide bonds. The molecule has 3 aromatic carbocycles. The molecule has 0 atom stereocenters. The number of hydrogen-bond donors (Lipinski definition) is 1. The predicted molar refractivity (Wildman–Crippen MR) is 136 cm³/mol. The summed E-state index contributed by atoms with van der Waals surface area (Å²) in [4.78, 5) is 22.9. The van der Waals surface area contributed by atoms with Gasteiger partial charge in [0.2, 0.25) is 0 Å². The molecular weight excluding hydrogens is 481 g/mol. The van der Waals surface area contributed by atoms with Gasteiger partial charge in [-0.3, -0.25) is 19.5 Å². The second-order valence-corrected chi connectivity index (χ2v) is 8.75. The first-order valence-electron chi connectivity index (χ1n) is 11.0. The number of non-ortho nitro benzene ring substituents is 1. The molecule has 4 aromatic rings. The summed E-state index contributed by atoms with van der Waals surface area (Å²) in [5.41, 5.74) is 3.07. The number of halogens is 1. The summed E-state index contributed by atoms with van der Waals surface area (Å²) in [5, 5.41) is 23.0. The van der Waals surface area contributed by atoms with Crippen molar-refractivity contribution in [2.45, 2.75) is 24.0 Å². The van der Waals surface area contributed by atoms with Crippen molar-refractivity contribution in [1.29, 1.82) is 0 Å². The molecule has 0 saturated carbocycles. The van der Waals surface area contributed by atoms with Crippen molar-refractivity contribution >= 4 is 23.4 Å². The van der Waals surface area contributed by atoms with Crippen LogP contribution in [0.25, 0.3) is 11.4 Å². The van der Waals surface area contributed by atoms with Gasteiger partial charge in [-0.2, -0.15) is 0 Å². The lowest BCUT2D eigenvalue weighted by Gasteiger charge is -2.09. The Bertz CT molecular complexity index is 1370. The highest BCUT2D eigenvalue weighted by atomic mass is 32.2. The number of carbonyl (C=O) groups excluding carboxylic acids is 1. The molecule has 1 aromatic heterocycles. The fourth-order valence-corrected chi connectivity index (χ4v) is 4.33. The zero-order valence-electron chi connectivity index (χ0n) is 19.1. The Kier molecular flexibility index (Phi) is 7.86. The fraction of sp³-hybridized carbons (Fsp3) is 0.115. The van der Waals surface area contributed by atoms with Crippen molar-refractivity contribution in [3.05, 3.63) is 118 Å². The van der Waals surface area contributed by atoms with Gasteiger partial charge in [-0.15, -0.1) is 16.8 Å². The molecule has 0 radical (unpaired) electrons. The van der Waals surface area contributed by atoms with Crippen molar-refractivity contribution in [2.24, 2.45) is 0 Å². The van der Waals surface area contributed by atoms with E-state index in [-0.39, 0.29) is 17.4 Å². The summed E-state index contributed by atoms with van der Waals surface area (Å²) in [5.74, 6) is 0.675. The minimum Gasteiger partial charge on any atom is -0.348 e. The number of carbonyl (C=O) groups is 1. The van der Waals surface area contributed by atoms with Gasteiger partial charge in [-0.25, -0.2) is 4.39 Å². The van der Waals surface area contributed by atoms with Crippen molar-refractivity contribution in [2.75, 3.05) is 0 Å². The lowest BCUT2D eigenvalue weighted by molar-refractivity contribution is -0.384. The van der Waals surface area contributed by atoms with Crippen LogP contribution in [0.4, 0.5) is 10.1 Å². The van der Waals surface area contributed by atoms with Gasteiger partial charge in [0.05, 0.1) is 4.92 Å². The molecule has 0 fully saturated rings. The molecule has 0 unspecified atom stereocenters. The monoisotopic (exact) mass is 503 g/mol. The van der Waals surface area contributed by atoms with Gasteiger partial charge in [-0.05, 0) is 47.5 Å². The van der Waals surface area contributed by atoms with E-state index in [4.69, 9.17) is 0 Å². The Morgan fingerprint density at radius 1 is 1.03 bits per heavy atom. The Labute approximate surface area is 211 Å². The average Bonchev–Trinajstić information content (AvgIpc) is 3.30. The molecule has 182 valence electrons. The summed E-state index contributed by atoms with van der Waals surface area (Å²) in [6.45, 7) is 4.60. The van der Waals surface area contributed by atoms with Crippen LogP contribution in [-0.4, -0.2) is 25.6 Å². The quantitative estimate of drug-likeness (QED) is 0.135. The Morgan fingerprint density at radius 2 is 1.69 bits per heavy atom. The Morgan fingerprint density at radius 3 is 2.33 bits per heavy atom. The van der Waals surface area contributed by atoms with E-state index in [1.807, 2.05) is 16.7 Å². The molecule has 0 bridgehead atoms. The molecule has 1 N–H and O–H groups in total. The van der Waals surface area contributed by atoms with Crippen molar-refractivity contribution in [3.8, 4) is 11.4 Å². The number of hydrogen-bond acceptors (Lipinski definition) is 6. The minimum absolute atomic E-state index is 0.00992. The highest BCUT2D eigenvalue weighted by molar-refractivity contribution is 7.98. The zero-order chi connectivity index (χ0) is 25.5. The molecule has 0 saturated heterocycles. The second kappa shape index (κ2) is 11.4. The number of benzene rings is 3. The van der Waals surface area contributed by atoms with Gasteiger partial charge in [0, 0.05) is 42.1 Å². The number of nitrogens with one attached hydrogen (secondary N) is 1. The number of thioether (sulfide) groups is 1. The van der Waals surface area contributed by atoms with Crippen LogP contribution < -0.4 is 5.32 Å². The molecule has 4 rings (SSSR count). The number of nitrogens with zero attached hydrogens (tertiary/aromatic N) is 4. The van der Waals surface area contributed by atoms with Crippen molar-refractivity contribution < 1.29 is 14.1 Å². The molecule has 10 heteroatoms. The Hall–Kier alpha value is -4.31. The normalized spacial score (nSPS) is 10.7. The molecule has 8 nitrogen and oxygen atoms in total. The van der Waals surface area contributed by atoms with Crippen LogP contribution in [0.1, 0.15) is 21.5 Å². The van der Waals surface area contributed by atoms with E-state index in [0.717, 1.165) is 16.7 Å². The predicted octanol–water partition coefficient (Wildman–Crippen LogP) is 5.40. The Balaban J connectivity index is 1.39. The lowest BCUT2D eigenvalue weighted by atomic mass is 10.1. The van der Waals surface area contributed by atoms with E-state index >= 15 is 0 Å². The first-order valence-corrected chi connectivity index (χ1v) is 12.0. The number of amides is 1. The fourth-order valence-electron chi connectivity index (χ4n) is 3.42. The minimum atomic E-state index is -0.444. The third-order valence-corrected chi connectivity index (χ3v) is 6.35. The van der Waals surface area contributed by atoms with Crippen LogP contribution in [0.2, 0.25) is 0 Å². The maximum Gasteiger partial charge on any atom is 0.269 e. The third kappa shape index (κ3) is 6.02. The summed E-state index contributed by atoms with van der Waals surface area (Å²) in [6, 6.07) is 19.4. The van der Waals surface area contributed by atoms with Gasteiger partial charge in [0.25, 0.3) is 11.6 Å². The summed E-state index contributed by atoms with van der Waals surface area (Å²) in [7, 11) is 0. The first kappa shape index (κ1) is 24.8. The molecule has 0 aliphatic carbocycles. The van der Waals surface area contributed by atoms with Crippen LogP contribution in [0.5, 0.6) is 0 Å². The molecule has 0 aliphatic heterocycles. The third-order valence-electron chi connectivity index (χ3n) is 5.32. The SMILES string of the molecule is C=CCn1c(SCc2ccc(C(=O)NCc3ccc(F)cc3)cc2)nnc1-c1ccc([N+](=O)[O-])cc1. The molecule has 0 spiro atoms. The van der Waals surface area contributed by atoms with E-state index in [1.54, 1.807) is 42.5 Å². The van der Waals surface area contributed by atoms with Gasteiger partial charge >= 0.3 is 0 Å². The molecule has 36 heavy (non-hydrogen) atoms. The van der Waals surface area contributed by atoms with E-state index < -0.39 is 4.92 Å². The number of nitro groups is 1. The van der Waals surface area contributed by atoms with E-state index in [1.165, 1.54) is 36.0 Å². The van der Waals surface area contributed by atoms with Crippen LogP contribution in [0.3, 0.4) is 0 Å². The van der Waals surface area contributed by atoms with Gasteiger partial charge in [0.15, 0.2) is 11.0 Å². The lowest BCUT2D eigenvalue weighted by Crippen LogP contribution is -2.22. The van der Waals surface area contributed by atoms with Gasteiger partial charge < -0.3 is 5.32 Å². The van der Waals surface area contributed by atoms with Gasteiger partial charge in [-0.1, -0.05) is 42.1 Å². The van der Waals surface area contributed by atoms with E-state index in [2.05, 4.69) is 22.1 Å². The van der Waals surface area contributed by atoms with E-state index in [0.29, 0.717) is 35.4 Å². The van der Waals surface area contributed by atoms with Crippen LogP contribution in [0.15, 0.2) is 90.6 Å². The number of nitro benzene ring substituents is 1. The summed E-state index contributed by atoms with van der Waals surface area (Å²) >= 11 is 1.49. The average molecular weight is 504 g/mol. The largest absolute Gasteiger partial charge is 0.348 e. The van der Waals surface area contributed by atoms with Crippen molar-refractivity contribution in [1.82, 2.24) is 20.1 Å².